The van der Waals surface area contributed by atoms with E-state index in [9.17, 15) is 0 Å². The van der Waals surface area contributed by atoms with Crippen molar-refractivity contribution in [1.82, 2.24) is 14.8 Å². The van der Waals surface area contributed by atoms with Gasteiger partial charge in [0.2, 0.25) is 0 Å². The zero-order valence-electron chi connectivity index (χ0n) is 12.3. The van der Waals surface area contributed by atoms with Crippen LogP contribution < -0.4 is 4.74 Å². The van der Waals surface area contributed by atoms with Crippen molar-refractivity contribution in [2.75, 3.05) is 26.1 Å². The molecule has 6 heteroatoms. The fourth-order valence-electron chi connectivity index (χ4n) is 1.82. The number of hydrogen-bond donors (Lipinski definition) is 0. The molecule has 21 heavy (non-hydrogen) atoms. The molecule has 0 unspecified atom stereocenters. The first-order valence-corrected chi connectivity index (χ1v) is 8.06. The van der Waals surface area contributed by atoms with Crippen LogP contribution in [-0.4, -0.2) is 40.8 Å². The minimum atomic E-state index is 0.717. The van der Waals surface area contributed by atoms with E-state index < -0.39 is 0 Å². The number of methoxy groups -OCH3 is 1. The lowest BCUT2D eigenvalue weighted by Crippen LogP contribution is -2.03. The Morgan fingerprint density at radius 3 is 2.81 bits per heavy atom. The van der Waals surface area contributed by atoms with Gasteiger partial charge in [-0.15, -0.1) is 10.2 Å². The number of thioether (sulfide) groups is 1. The zero-order chi connectivity index (χ0) is 14.8. The number of aryl methyl sites for hydroxylation is 1. The third kappa shape index (κ3) is 5.77. The fourth-order valence-corrected chi connectivity index (χ4v) is 2.67. The van der Waals surface area contributed by atoms with Crippen LogP contribution in [0, 0.1) is 0 Å². The molecule has 0 fully saturated rings. The molecule has 0 spiro atoms. The maximum atomic E-state index is 5.66. The molecule has 5 nitrogen and oxygen atoms in total. The summed E-state index contributed by atoms with van der Waals surface area (Å²) >= 11 is 1.72. The van der Waals surface area contributed by atoms with E-state index in [4.69, 9.17) is 9.47 Å². The quantitative estimate of drug-likeness (QED) is 0.499. The summed E-state index contributed by atoms with van der Waals surface area (Å²) in [6.07, 6.45) is 3.72. The highest BCUT2D eigenvalue weighted by Crippen LogP contribution is 2.16. The molecule has 0 radical (unpaired) electrons. The number of para-hydroxylation sites is 1. The fraction of sp³-hybridized carbons (Fsp3) is 0.467. The molecule has 1 heterocycles. The Labute approximate surface area is 129 Å². The van der Waals surface area contributed by atoms with Gasteiger partial charge < -0.3 is 14.0 Å². The largest absolute Gasteiger partial charge is 0.494 e. The van der Waals surface area contributed by atoms with Crippen LogP contribution in [0.1, 0.15) is 12.8 Å². The molecule has 1 aromatic carbocycles. The molecule has 0 amide bonds. The van der Waals surface area contributed by atoms with Gasteiger partial charge in [-0.1, -0.05) is 30.0 Å². The van der Waals surface area contributed by atoms with Crippen LogP contribution in [0.4, 0.5) is 0 Å². The van der Waals surface area contributed by atoms with E-state index in [2.05, 4.69) is 14.8 Å². The van der Waals surface area contributed by atoms with E-state index >= 15 is 0 Å². The number of aromatic nitrogens is 3. The second-order valence-corrected chi connectivity index (χ2v) is 5.58. The minimum Gasteiger partial charge on any atom is -0.494 e. The van der Waals surface area contributed by atoms with E-state index in [0.29, 0.717) is 0 Å². The summed E-state index contributed by atoms with van der Waals surface area (Å²) in [5.41, 5.74) is 0. The standard InChI is InChI=1S/C15H21N3O2S/c1-19-10-5-9-18-13-16-17-15(18)21-12-6-11-20-14-7-3-2-4-8-14/h2-4,7-8,13H,5-6,9-12H2,1H3. The summed E-state index contributed by atoms with van der Waals surface area (Å²) < 4.78 is 12.8. The lowest BCUT2D eigenvalue weighted by atomic mass is 10.3. The SMILES string of the molecule is COCCCn1cnnc1SCCCOc1ccccc1. The predicted octanol–water partition coefficient (Wildman–Crippen LogP) is 2.88. The van der Waals surface area contributed by atoms with Crippen molar-refractivity contribution in [3.8, 4) is 5.75 Å². The van der Waals surface area contributed by atoms with Crippen LogP contribution in [0.3, 0.4) is 0 Å². The van der Waals surface area contributed by atoms with Gasteiger partial charge in [0, 0.05) is 26.0 Å². The molecule has 0 N–H and O–H groups in total. The minimum absolute atomic E-state index is 0.717. The first-order valence-electron chi connectivity index (χ1n) is 7.07. The predicted molar refractivity (Wildman–Crippen MR) is 83.8 cm³/mol. The molecular weight excluding hydrogens is 286 g/mol. The number of rotatable bonds is 10. The lowest BCUT2D eigenvalue weighted by molar-refractivity contribution is 0.189. The highest BCUT2D eigenvalue weighted by atomic mass is 32.2. The molecule has 2 aromatic rings. The average molecular weight is 307 g/mol. The monoisotopic (exact) mass is 307 g/mol. The van der Waals surface area contributed by atoms with Crippen molar-refractivity contribution in [2.45, 2.75) is 24.5 Å². The Kier molecular flexibility index (Phi) is 7.11. The van der Waals surface area contributed by atoms with E-state index in [-0.39, 0.29) is 0 Å². The lowest BCUT2D eigenvalue weighted by Gasteiger charge is -2.07. The van der Waals surface area contributed by atoms with Crippen molar-refractivity contribution in [3.63, 3.8) is 0 Å². The zero-order valence-corrected chi connectivity index (χ0v) is 13.1. The molecular formula is C15H21N3O2S. The first kappa shape index (κ1) is 15.9. The second-order valence-electron chi connectivity index (χ2n) is 4.52. The Hall–Kier alpha value is -1.53. The summed E-state index contributed by atoms with van der Waals surface area (Å²) in [6.45, 7) is 2.37. The molecule has 0 aliphatic carbocycles. The van der Waals surface area contributed by atoms with Gasteiger partial charge in [0.1, 0.15) is 12.1 Å². The second kappa shape index (κ2) is 9.41. The van der Waals surface area contributed by atoms with Crippen molar-refractivity contribution < 1.29 is 9.47 Å². The van der Waals surface area contributed by atoms with Gasteiger partial charge in [0.05, 0.1) is 6.61 Å². The molecule has 0 bridgehead atoms. The van der Waals surface area contributed by atoms with E-state index in [0.717, 1.165) is 49.3 Å². The maximum absolute atomic E-state index is 5.66. The van der Waals surface area contributed by atoms with Gasteiger partial charge in [0.25, 0.3) is 0 Å². The molecule has 0 aliphatic rings. The van der Waals surface area contributed by atoms with E-state index in [1.165, 1.54) is 0 Å². The van der Waals surface area contributed by atoms with Crippen LogP contribution in [0.5, 0.6) is 5.75 Å². The number of benzene rings is 1. The summed E-state index contributed by atoms with van der Waals surface area (Å²) in [5.74, 6) is 1.89. The topological polar surface area (TPSA) is 49.2 Å². The van der Waals surface area contributed by atoms with Crippen molar-refractivity contribution in [1.29, 1.82) is 0 Å². The molecule has 0 atom stereocenters. The Morgan fingerprint density at radius 1 is 1.14 bits per heavy atom. The van der Waals surface area contributed by atoms with Gasteiger partial charge in [-0.3, -0.25) is 0 Å². The van der Waals surface area contributed by atoms with E-state index in [1.807, 2.05) is 30.3 Å². The first-order chi connectivity index (χ1) is 10.4. The number of hydrogen-bond acceptors (Lipinski definition) is 5. The third-order valence-corrected chi connectivity index (χ3v) is 3.93. The average Bonchev–Trinajstić information content (AvgIpc) is 2.96. The van der Waals surface area contributed by atoms with Crippen molar-refractivity contribution in [3.05, 3.63) is 36.7 Å². The van der Waals surface area contributed by atoms with Crippen molar-refractivity contribution >= 4 is 11.8 Å². The van der Waals surface area contributed by atoms with Gasteiger partial charge in [-0.05, 0) is 25.0 Å². The molecule has 0 aliphatic heterocycles. The number of nitrogens with zero attached hydrogens (tertiary/aromatic N) is 3. The summed E-state index contributed by atoms with van der Waals surface area (Å²) in [7, 11) is 1.72. The molecule has 0 saturated carbocycles. The Bertz CT molecular complexity index is 505. The smallest absolute Gasteiger partial charge is 0.190 e. The maximum Gasteiger partial charge on any atom is 0.190 e. The van der Waals surface area contributed by atoms with Crippen LogP contribution in [-0.2, 0) is 11.3 Å². The van der Waals surface area contributed by atoms with Gasteiger partial charge in [0.15, 0.2) is 5.16 Å². The van der Waals surface area contributed by atoms with Crippen LogP contribution in [0.2, 0.25) is 0 Å². The van der Waals surface area contributed by atoms with Gasteiger partial charge in [-0.25, -0.2) is 0 Å². The highest BCUT2D eigenvalue weighted by Gasteiger charge is 2.04. The number of ether oxygens (including phenoxy) is 2. The highest BCUT2D eigenvalue weighted by molar-refractivity contribution is 7.99. The molecule has 1 aromatic heterocycles. The van der Waals surface area contributed by atoms with Crippen LogP contribution >= 0.6 is 11.8 Å². The summed E-state index contributed by atoms with van der Waals surface area (Å²) in [6, 6.07) is 9.89. The normalized spacial score (nSPS) is 10.7. The van der Waals surface area contributed by atoms with Crippen LogP contribution in [0.15, 0.2) is 41.8 Å². The van der Waals surface area contributed by atoms with Gasteiger partial charge >= 0.3 is 0 Å². The summed E-state index contributed by atoms with van der Waals surface area (Å²) in [4.78, 5) is 0. The Balaban J connectivity index is 1.63. The Morgan fingerprint density at radius 2 is 2.00 bits per heavy atom. The molecule has 2 rings (SSSR count). The van der Waals surface area contributed by atoms with E-state index in [1.54, 1.807) is 25.2 Å². The van der Waals surface area contributed by atoms with Gasteiger partial charge in [-0.2, -0.15) is 0 Å². The third-order valence-electron chi connectivity index (χ3n) is 2.86. The van der Waals surface area contributed by atoms with Crippen LogP contribution in [0.25, 0.3) is 0 Å². The molecule has 114 valence electrons. The molecule has 0 saturated heterocycles. The van der Waals surface area contributed by atoms with Crippen molar-refractivity contribution in [2.24, 2.45) is 0 Å². The summed E-state index contributed by atoms with van der Waals surface area (Å²) in [5, 5.41) is 9.08.